The standard InChI is InChI=1S/C16H27N3O2/c1-3-9-19(14-6-4-8-17-13-14)16(20)15-7-5-10-18(15)11-12-21-2/h5,7,10,14,17H,3-4,6,8-9,11-13H2,1-2H3. The number of ether oxygens (including phenoxy) is 1. The number of piperidine rings is 1. The normalized spacial score (nSPS) is 18.7. The first-order valence-electron chi connectivity index (χ1n) is 7.93. The van der Waals surface area contributed by atoms with Gasteiger partial charge in [0.25, 0.3) is 5.91 Å². The van der Waals surface area contributed by atoms with E-state index in [0.717, 1.165) is 44.6 Å². The van der Waals surface area contributed by atoms with E-state index >= 15 is 0 Å². The Morgan fingerprint density at radius 1 is 1.57 bits per heavy atom. The van der Waals surface area contributed by atoms with Crippen LogP contribution in [0.25, 0.3) is 0 Å². The molecule has 1 aliphatic heterocycles. The summed E-state index contributed by atoms with van der Waals surface area (Å²) in [6.07, 6.45) is 5.18. The van der Waals surface area contributed by atoms with Crippen molar-refractivity contribution >= 4 is 5.91 Å². The molecule has 5 heteroatoms. The lowest BCUT2D eigenvalue weighted by Crippen LogP contribution is -2.49. The van der Waals surface area contributed by atoms with Gasteiger partial charge >= 0.3 is 0 Å². The molecule has 2 rings (SSSR count). The molecule has 0 bridgehead atoms. The number of aromatic nitrogens is 1. The molecule has 1 N–H and O–H groups in total. The monoisotopic (exact) mass is 293 g/mol. The third kappa shape index (κ3) is 4.08. The second-order valence-electron chi connectivity index (χ2n) is 5.58. The number of carbonyl (C=O) groups excluding carboxylic acids is 1. The number of hydrogen-bond donors (Lipinski definition) is 1. The third-order valence-corrected chi connectivity index (χ3v) is 4.02. The molecule has 2 heterocycles. The van der Waals surface area contributed by atoms with Gasteiger partial charge in [-0.15, -0.1) is 0 Å². The molecule has 1 aromatic rings. The largest absolute Gasteiger partial charge is 0.383 e. The van der Waals surface area contributed by atoms with Crippen LogP contribution in [0.2, 0.25) is 0 Å². The summed E-state index contributed by atoms with van der Waals surface area (Å²) in [5.74, 6) is 0.145. The van der Waals surface area contributed by atoms with Crippen LogP contribution in [0.5, 0.6) is 0 Å². The summed E-state index contributed by atoms with van der Waals surface area (Å²) in [6.45, 7) is 6.25. The zero-order valence-electron chi connectivity index (χ0n) is 13.2. The quantitative estimate of drug-likeness (QED) is 0.833. The van der Waals surface area contributed by atoms with Crippen molar-refractivity contribution in [1.29, 1.82) is 0 Å². The van der Waals surface area contributed by atoms with Crippen LogP contribution in [0.1, 0.15) is 36.7 Å². The first kappa shape index (κ1) is 16.0. The van der Waals surface area contributed by atoms with Crippen LogP contribution >= 0.6 is 0 Å². The minimum Gasteiger partial charge on any atom is -0.383 e. The van der Waals surface area contributed by atoms with Crippen molar-refractivity contribution in [3.63, 3.8) is 0 Å². The highest BCUT2D eigenvalue weighted by molar-refractivity contribution is 5.93. The van der Waals surface area contributed by atoms with Crippen LogP contribution in [0.4, 0.5) is 0 Å². The number of rotatable bonds is 7. The first-order valence-corrected chi connectivity index (χ1v) is 7.93. The zero-order valence-corrected chi connectivity index (χ0v) is 13.2. The number of methoxy groups -OCH3 is 1. The smallest absolute Gasteiger partial charge is 0.270 e. The molecule has 1 amide bonds. The van der Waals surface area contributed by atoms with E-state index in [9.17, 15) is 4.79 Å². The van der Waals surface area contributed by atoms with E-state index in [2.05, 4.69) is 12.2 Å². The Hall–Kier alpha value is -1.33. The van der Waals surface area contributed by atoms with Gasteiger partial charge in [-0.25, -0.2) is 0 Å². The Kier molecular flexibility index (Phi) is 6.26. The Labute approximate surface area is 127 Å². The minimum atomic E-state index is 0.145. The SMILES string of the molecule is CCCN(C(=O)c1cccn1CCOC)C1CCCNC1. The molecule has 1 fully saturated rings. The van der Waals surface area contributed by atoms with E-state index < -0.39 is 0 Å². The van der Waals surface area contributed by atoms with Crippen molar-refractivity contribution in [2.75, 3.05) is 33.4 Å². The maximum absolute atomic E-state index is 12.9. The van der Waals surface area contributed by atoms with Crippen molar-refractivity contribution in [2.24, 2.45) is 0 Å². The van der Waals surface area contributed by atoms with Crippen LogP contribution in [-0.4, -0.2) is 54.8 Å². The van der Waals surface area contributed by atoms with Gasteiger partial charge < -0.3 is 19.5 Å². The van der Waals surface area contributed by atoms with E-state index in [1.165, 1.54) is 0 Å². The van der Waals surface area contributed by atoms with Crippen molar-refractivity contribution in [3.8, 4) is 0 Å². The van der Waals surface area contributed by atoms with E-state index in [1.54, 1.807) is 7.11 Å². The van der Waals surface area contributed by atoms with Gasteiger partial charge in [-0.1, -0.05) is 6.92 Å². The van der Waals surface area contributed by atoms with Gasteiger partial charge in [0.05, 0.1) is 6.61 Å². The van der Waals surface area contributed by atoms with Gasteiger partial charge in [0, 0.05) is 39.0 Å². The van der Waals surface area contributed by atoms with Gasteiger partial charge in [0.2, 0.25) is 0 Å². The van der Waals surface area contributed by atoms with Crippen molar-refractivity contribution in [2.45, 2.75) is 38.8 Å². The van der Waals surface area contributed by atoms with E-state index in [1.807, 2.05) is 27.8 Å². The van der Waals surface area contributed by atoms with Gasteiger partial charge in [0.1, 0.15) is 5.69 Å². The van der Waals surface area contributed by atoms with E-state index in [-0.39, 0.29) is 5.91 Å². The number of nitrogens with one attached hydrogen (secondary N) is 1. The summed E-state index contributed by atoms with van der Waals surface area (Å²) < 4.78 is 7.11. The predicted octanol–water partition coefficient (Wildman–Crippen LogP) is 1.74. The van der Waals surface area contributed by atoms with Gasteiger partial charge in [-0.3, -0.25) is 4.79 Å². The van der Waals surface area contributed by atoms with Crippen LogP contribution in [-0.2, 0) is 11.3 Å². The van der Waals surface area contributed by atoms with E-state index in [4.69, 9.17) is 4.74 Å². The van der Waals surface area contributed by atoms with Gasteiger partial charge in [0.15, 0.2) is 0 Å². The molecule has 1 saturated heterocycles. The summed E-state index contributed by atoms with van der Waals surface area (Å²) in [6, 6.07) is 4.17. The molecular formula is C16H27N3O2. The fourth-order valence-electron chi connectivity index (χ4n) is 2.93. The summed E-state index contributed by atoms with van der Waals surface area (Å²) in [7, 11) is 1.68. The lowest BCUT2D eigenvalue weighted by Gasteiger charge is -2.34. The molecule has 0 aliphatic carbocycles. The molecule has 1 aliphatic rings. The second kappa shape index (κ2) is 8.20. The molecular weight excluding hydrogens is 266 g/mol. The van der Waals surface area contributed by atoms with Crippen molar-refractivity contribution in [1.82, 2.24) is 14.8 Å². The number of amides is 1. The Balaban J connectivity index is 2.11. The topological polar surface area (TPSA) is 46.5 Å². The highest BCUT2D eigenvalue weighted by Gasteiger charge is 2.26. The molecule has 118 valence electrons. The highest BCUT2D eigenvalue weighted by Crippen LogP contribution is 2.16. The maximum Gasteiger partial charge on any atom is 0.270 e. The minimum absolute atomic E-state index is 0.145. The van der Waals surface area contributed by atoms with Crippen LogP contribution in [0.15, 0.2) is 18.3 Å². The number of hydrogen-bond acceptors (Lipinski definition) is 3. The Morgan fingerprint density at radius 2 is 2.43 bits per heavy atom. The predicted molar refractivity (Wildman–Crippen MR) is 83.5 cm³/mol. The summed E-state index contributed by atoms with van der Waals surface area (Å²) in [5.41, 5.74) is 0.770. The Morgan fingerprint density at radius 3 is 3.10 bits per heavy atom. The first-order chi connectivity index (χ1) is 10.3. The number of nitrogens with zero attached hydrogens (tertiary/aromatic N) is 2. The molecule has 0 radical (unpaired) electrons. The van der Waals surface area contributed by atoms with Crippen LogP contribution < -0.4 is 5.32 Å². The molecule has 1 aromatic heterocycles. The molecule has 5 nitrogen and oxygen atoms in total. The molecule has 0 saturated carbocycles. The van der Waals surface area contributed by atoms with Gasteiger partial charge in [-0.05, 0) is 37.9 Å². The lowest BCUT2D eigenvalue weighted by molar-refractivity contribution is 0.0635. The fraction of sp³-hybridized carbons (Fsp3) is 0.688. The average Bonchev–Trinajstić information content (AvgIpc) is 2.99. The molecule has 0 aromatic carbocycles. The van der Waals surface area contributed by atoms with Crippen LogP contribution in [0.3, 0.4) is 0 Å². The van der Waals surface area contributed by atoms with Crippen LogP contribution in [0, 0.1) is 0 Å². The summed E-state index contributed by atoms with van der Waals surface area (Å²) in [4.78, 5) is 15.0. The highest BCUT2D eigenvalue weighted by atomic mass is 16.5. The third-order valence-electron chi connectivity index (χ3n) is 4.02. The zero-order chi connectivity index (χ0) is 15.1. The Bertz CT molecular complexity index is 438. The molecule has 1 atom stereocenters. The molecule has 0 spiro atoms. The average molecular weight is 293 g/mol. The van der Waals surface area contributed by atoms with E-state index in [0.29, 0.717) is 19.2 Å². The summed E-state index contributed by atoms with van der Waals surface area (Å²) in [5, 5.41) is 3.40. The summed E-state index contributed by atoms with van der Waals surface area (Å²) >= 11 is 0. The number of carbonyl (C=O) groups is 1. The second-order valence-corrected chi connectivity index (χ2v) is 5.58. The lowest BCUT2D eigenvalue weighted by atomic mass is 10.0. The maximum atomic E-state index is 12.9. The van der Waals surface area contributed by atoms with Crippen molar-refractivity contribution < 1.29 is 9.53 Å². The molecule has 1 unspecified atom stereocenters. The fourth-order valence-corrected chi connectivity index (χ4v) is 2.93. The van der Waals surface area contributed by atoms with Gasteiger partial charge in [-0.2, -0.15) is 0 Å². The molecule has 21 heavy (non-hydrogen) atoms. The van der Waals surface area contributed by atoms with Crippen molar-refractivity contribution in [3.05, 3.63) is 24.0 Å².